The van der Waals surface area contributed by atoms with Crippen molar-refractivity contribution in [1.82, 2.24) is 0 Å². The molecule has 2 rings (SSSR count). The van der Waals surface area contributed by atoms with Gasteiger partial charge < -0.3 is 9.47 Å². The van der Waals surface area contributed by atoms with Crippen LogP contribution < -0.4 is 9.47 Å². The van der Waals surface area contributed by atoms with E-state index in [1.165, 1.54) is 11.3 Å². The number of rotatable bonds is 4. The molecule has 82 valence electrons. The van der Waals surface area contributed by atoms with Crippen LogP contribution in [-0.4, -0.2) is 19.0 Å². The van der Waals surface area contributed by atoms with Gasteiger partial charge in [0, 0.05) is 5.38 Å². The van der Waals surface area contributed by atoms with Crippen LogP contribution in [0.5, 0.6) is 11.5 Å². The van der Waals surface area contributed by atoms with Crippen LogP contribution in [0, 0.1) is 0 Å². The molecule has 0 N–H and O–H groups in total. The van der Waals surface area contributed by atoms with E-state index in [-0.39, 0.29) is 6.10 Å². The molecule has 1 aromatic rings. The van der Waals surface area contributed by atoms with Gasteiger partial charge in [0.1, 0.15) is 17.6 Å². The molecular weight excluding hydrogens is 212 g/mol. The van der Waals surface area contributed by atoms with Crippen LogP contribution in [0.2, 0.25) is 0 Å². The topological polar surface area (TPSA) is 35.5 Å². The van der Waals surface area contributed by atoms with Crippen LogP contribution in [-0.2, 0) is 0 Å². The number of hydrogen-bond acceptors (Lipinski definition) is 4. The molecule has 0 aliphatic carbocycles. The Morgan fingerprint density at radius 3 is 3.27 bits per heavy atom. The number of carbonyl (C=O) groups excluding carboxylic acids is 1. The molecule has 1 aromatic heterocycles. The van der Waals surface area contributed by atoms with Gasteiger partial charge in [-0.2, -0.15) is 0 Å². The molecule has 0 fully saturated rings. The highest BCUT2D eigenvalue weighted by molar-refractivity contribution is 7.12. The van der Waals surface area contributed by atoms with Crippen molar-refractivity contribution in [1.29, 1.82) is 0 Å². The van der Waals surface area contributed by atoms with Crippen LogP contribution in [0.3, 0.4) is 0 Å². The Labute approximate surface area is 93.0 Å². The zero-order chi connectivity index (χ0) is 10.7. The summed E-state index contributed by atoms with van der Waals surface area (Å²) in [5.74, 6) is 1.36. The van der Waals surface area contributed by atoms with Crippen molar-refractivity contribution in [2.45, 2.75) is 32.3 Å². The fraction of sp³-hybridized carbons (Fsp3) is 0.545. The van der Waals surface area contributed by atoms with Crippen molar-refractivity contribution in [2.24, 2.45) is 0 Å². The van der Waals surface area contributed by atoms with E-state index in [1.54, 1.807) is 0 Å². The molecule has 1 aliphatic rings. The molecule has 0 aromatic carbocycles. The third kappa shape index (κ3) is 2.15. The summed E-state index contributed by atoms with van der Waals surface area (Å²) >= 11 is 1.37. The van der Waals surface area contributed by atoms with Crippen LogP contribution in [0.4, 0.5) is 0 Å². The number of fused-ring (bicyclic) bond motifs is 1. The summed E-state index contributed by atoms with van der Waals surface area (Å²) in [5.41, 5.74) is 0. The summed E-state index contributed by atoms with van der Waals surface area (Å²) in [7, 11) is 0. The highest BCUT2D eigenvalue weighted by Crippen LogP contribution is 2.39. The van der Waals surface area contributed by atoms with E-state index in [0.717, 1.165) is 31.3 Å². The van der Waals surface area contributed by atoms with Gasteiger partial charge >= 0.3 is 0 Å². The third-order valence-electron chi connectivity index (χ3n) is 2.43. The number of hydrogen-bond donors (Lipinski definition) is 0. The summed E-state index contributed by atoms with van der Waals surface area (Å²) in [6.07, 6.45) is 4.29. The summed E-state index contributed by atoms with van der Waals surface area (Å²) < 4.78 is 11.3. The van der Waals surface area contributed by atoms with E-state index >= 15 is 0 Å². The molecular formula is C11H14O3S. The maximum atomic E-state index is 10.7. The van der Waals surface area contributed by atoms with E-state index in [4.69, 9.17) is 9.47 Å². The van der Waals surface area contributed by atoms with Crippen LogP contribution in [0.15, 0.2) is 5.38 Å². The van der Waals surface area contributed by atoms with Gasteiger partial charge in [-0.1, -0.05) is 13.3 Å². The fourth-order valence-corrected chi connectivity index (χ4v) is 2.33. The number of ether oxygens (including phenoxy) is 2. The fourth-order valence-electron chi connectivity index (χ4n) is 1.61. The third-order valence-corrected chi connectivity index (χ3v) is 3.30. The molecule has 1 unspecified atom stereocenters. The van der Waals surface area contributed by atoms with Gasteiger partial charge in [-0.3, -0.25) is 4.79 Å². The number of aldehydes is 1. The summed E-state index contributed by atoms with van der Waals surface area (Å²) in [4.78, 5) is 11.3. The van der Waals surface area contributed by atoms with Crippen molar-refractivity contribution in [3.63, 3.8) is 0 Å². The summed E-state index contributed by atoms with van der Waals surface area (Å²) in [5, 5.41) is 1.84. The molecule has 0 amide bonds. The number of carbonyl (C=O) groups is 1. The molecule has 1 aliphatic heterocycles. The predicted octanol–water partition coefficient (Wildman–Crippen LogP) is 2.89. The normalized spacial score (nSPS) is 18.9. The highest BCUT2D eigenvalue weighted by atomic mass is 32.1. The van der Waals surface area contributed by atoms with E-state index in [1.807, 2.05) is 5.38 Å². The predicted molar refractivity (Wildman–Crippen MR) is 59.1 cm³/mol. The first-order chi connectivity index (χ1) is 7.35. The maximum absolute atomic E-state index is 10.7. The zero-order valence-electron chi connectivity index (χ0n) is 8.69. The van der Waals surface area contributed by atoms with Gasteiger partial charge in [-0.25, -0.2) is 0 Å². The first-order valence-electron chi connectivity index (χ1n) is 5.21. The number of thiophene rings is 1. The molecule has 0 radical (unpaired) electrons. The van der Waals surface area contributed by atoms with Crippen molar-refractivity contribution in [2.75, 3.05) is 6.61 Å². The summed E-state index contributed by atoms with van der Waals surface area (Å²) in [6, 6.07) is 0. The lowest BCUT2D eigenvalue weighted by atomic mass is 10.1. The molecule has 4 heteroatoms. The SMILES string of the molecule is CCCCC1COc2c(csc2C=O)O1. The Morgan fingerprint density at radius 2 is 2.53 bits per heavy atom. The Morgan fingerprint density at radius 1 is 1.67 bits per heavy atom. The minimum atomic E-state index is 0.145. The Balaban J connectivity index is 2.04. The molecule has 1 atom stereocenters. The van der Waals surface area contributed by atoms with Gasteiger partial charge in [0.15, 0.2) is 17.8 Å². The largest absolute Gasteiger partial charge is 0.484 e. The smallest absolute Gasteiger partial charge is 0.182 e. The van der Waals surface area contributed by atoms with Crippen molar-refractivity contribution in [3.05, 3.63) is 10.3 Å². The number of unbranched alkanes of at least 4 members (excludes halogenated alkanes) is 1. The minimum absolute atomic E-state index is 0.145. The monoisotopic (exact) mass is 226 g/mol. The molecule has 0 spiro atoms. The van der Waals surface area contributed by atoms with E-state index in [2.05, 4.69) is 6.92 Å². The van der Waals surface area contributed by atoms with Crippen molar-refractivity contribution < 1.29 is 14.3 Å². The molecule has 0 saturated carbocycles. The van der Waals surface area contributed by atoms with Crippen molar-refractivity contribution >= 4 is 17.6 Å². The Kier molecular flexibility index (Phi) is 3.26. The van der Waals surface area contributed by atoms with Gasteiger partial charge in [-0.05, 0) is 12.8 Å². The first-order valence-corrected chi connectivity index (χ1v) is 6.09. The van der Waals surface area contributed by atoms with E-state index in [0.29, 0.717) is 17.2 Å². The molecule has 3 nitrogen and oxygen atoms in total. The average Bonchev–Trinajstić information content (AvgIpc) is 2.68. The first kappa shape index (κ1) is 10.5. The second-order valence-corrected chi connectivity index (χ2v) is 4.52. The quantitative estimate of drug-likeness (QED) is 0.740. The average molecular weight is 226 g/mol. The standard InChI is InChI=1S/C11H14O3S/c1-2-3-4-8-6-13-11-9(14-8)7-15-10(11)5-12/h5,7-8H,2-4,6H2,1H3. The second kappa shape index (κ2) is 4.66. The molecule has 2 heterocycles. The minimum Gasteiger partial charge on any atom is -0.484 e. The van der Waals surface area contributed by atoms with Gasteiger partial charge in [0.05, 0.1) is 0 Å². The van der Waals surface area contributed by atoms with Gasteiger partial charge in [0.25, 0.3) is 0 Å². The Bertz CT molecular complexity index is 346. The summed E-state index contributed by atoms with van der Waals surface area (Å²) in [6.45, 7) is 2.72. The van der Waals surface area contributed by atoms with Crippen LogP contribution in [0.1, 0.15) is 35.9 Å². The Hall–Kier alpha value is -1.03. The lowest BCUT2D eigenvalue weighted by molar-refractivity contribution is 0.0831. The van der Waals surface area contributed by atoms with E-state index in [9.17, 15) is 4.79 Å². The molecule has 0 saturated heterocycles. The maximum Gasteiger partial charge on any atom is 0.182 e. The molecule has 0 bridgehead atoms. The van der Waals surface area contributed by atoms with Crippen LogP contribution in [0.25, 0.3) is 0 Å². The second-order valence-electron chi connectivity index (χ2n) is 3.60. The zero-order valence-corrected chi connectivity index (χ0v) is 9.51. The molecule has 15 heavy (non-hydrogen) atoms. The lowest BCUT2D eigenvalue weighted by Gasteiger charge is -2.24. The van der Waals surface area contributed by atoms with Gasteiger partial charge in [-0.15, -0.1) is 11.3 Å². The van der Waals surface area contributed by atoms with Crippen LogP contribution >= 0.6 is 11.3 Å². The van der Waals surface area contributed by atoms with E-state index < -0.39 is 0 Å². The lowest BCUT2D eigenvalue weighted by Crippen LogP contribution is -2.28. The van der Waals surface area contributed by atoms with Crippen molar-refractivity contribution in [3.8, 4) is 11.5 Å². The van der Waals surface area contributed by atoms with Gasteiger partial charge in [0.2, 0.25) is 0 Å². The highest BCUT2D eigenvalue weighted by Gasteiger charge is 2.24.